The number of amides is 2. The van der Waals surface area contributed by atoms with Gasteiger partial charge in [-0.25, -0.2) is 0 Å². The van der Waals surface area contributed by atoms with Crippen LogP contribution in [0.15, 0.2) is 58.7 Å². The first kappa shape index (κ1) is 18.3. The normalized spacial score (nSPS) is 10.9. The van der Waals surface area contributed by atoms with Crippen LogP contribution in [-0.2, 0) is 4.79 Å². The van der Waals surface area contributed by atoms with E-state index in [2.05, 4.69) is 26.6 Å². The van der Waals surface area contributed by atoms with E-state index in [-0.39, 0.29) is 11.4 Å². The molecule has 128 valence electrons. The van der Waals surface area contributed by atoms with Crippen LogP contribution in [-0.4, -0.2) is 23.8 Å². The van der Waals surface area contributed by atoms with Crippen LogP contribution in [0.4, 0.5) is 5.69 Å². The standard InChI is InChI=1S/C17H14BrN3O4/c1-19-17(23)15(10-11-5-4-6-12(9-11)21(24)25)20-16(22)13-7-2-3-8-14(13)18/h2-10H,1H3,(H,19,23)(H,20,22)/b15-10+. The van der Waals surface area contributed by atoms with Gasteiger partial charge in [-0.2, -0.15) is 0 Å². The monoisotopic (exact) mass is 403 g/mol. The van der Waals surface area contributed by atoms with Crippen LogP contribution in [0.25, 0.3) is 6.08 Å². The van der Waals surface area contributed by atoms with E-state index in [1.165, 1.54) is 31.3 Å². The molecule has 0 aliphatic rings. The van der Waals surface area contributed by atoms with Crippen LogP contribution < -0.4 is 10.6 Å². The third-order valence-electron chi connectivity index (χ3n) is 3.23. The van der Waals surface area contributed by atoms with Gasteiger partial charge in [-0.1, -0.05) is 24.3 Å². The Balaban J connectivity index is 2.35. The van der Waals surface area contributed by atoms with Gasteiger partial charge in [0.2, 0.25) is 0 Å². The molecular weight excluding hydrogens is 390 g/mol. The second-order valence-corrected chi connectivity index (χ2v) is 5.78. The third kappa shape index (κ3) is 4.74. The Labute approximate surface area is 152 Å². The zero-order chi connectivity index (χ0) is 18.4. The van der Waals surface area contributed by atoms with Crippen LogP contribution in [0.2, 0.25) is 0 Å². The maximum atomic E-state index is 12.4. The molecule has 0 fully saturated rings. The van der Waals surface area contributed by atoms with E-state index >= 15 is 0 Å². The Morgan fingerprint density at radius 1 is 1.16 bits per heavy atom. The zero-order valence-electron chi connectivity index (χ0n) is 13.2. The van der Waals surface area contributed by atoms with Gasteiger partial charge in [-0.05, 0) is 39.7 Å². The largest absolute Gasteiger partial charge is 0.354 e. The molecule has 0 aromatic heterocycles. The van der Waals surface area contributed by atoms with E-state index in [4.69, 9.17) is 0 Å². The van der Waals surface area contributed by atoms with Gasteiger partial charge in [0.05, 0.1) is 10.5 Å². The molecule has 0 saturated heterocycles. The number of likely N-dealkylation sites (N-methyl/N-ethyl adjacent to an activating group) is 1. The smallest absolute Gasteiger partial charge is 0.270 e. The molecule has 0 spiro atoms. The topological polar surface area (TPSA) is 101 Å². The van der Waals surface area contributed by atoms with Crippen LogP contribution in [0.1, 0.15) is 15.9 Å². The lowest BCUT2D eigenvalue weighted by Crippen LogP contribution is -2.33. The molecule has 0 unspecified atom stereocenters. The summed E-state index contributed by atoms with van der Waals surface area (Å²) in [6.07, 6.45) is 1.38. The summed E-state index contributed by atoms with van der Waals surface area (Å²) in [5.41, 5.74) is 0.641. The summed E-state index contributed by atoms with van der Waals surface area (Å²) >= 11 is 3.28. The highest BCUT2D eigenvalue weighted by Crippen LogP contribution is 2.18. The maximum absolute atomic E-state index is 12.4. The average Bonchev–Trinajstić information content (AvgIpc) is 2.61. The first-order chi connectivity index (χ1) is 11.9. The number of hydrogen-bond acceptors (Lipinski definition) is 4. The molecule has 2 aromatic carbocycles. The first-order valence-electron chi connectivity index (χ1n) is 7.16. The lowest BCUT2D eigenvalue weighted by atomic mass is 10.1. The maximum Gasteiger partial charge on any atom is 0.270 e. The molecule has 25 heavy (non-hydrogen) atoms. The van der Waals surface area contributed by atoms with E-state index in [1.54, 1.807) is 30.3 Å². The van der Waals surface area contributed by atoms with Crippen molar-refractivity contribution in [1.82, 2.24) is 10.6 Å². The molecule has 2 N–H and O–H groups in total. The number of carbonyl (C=O) groups excluding carboxylic acids is 2. The van der Waals surface area contributed by atoms with Gasteiger partial charge in [0.25, 0.3) is 17.5 Å². The molecule has 0 saturated carbocycles. The van der Waals surface area contributed by atoms with Crippen LogP contribution in [0, 0.1) is 10.1 Å². The van der Waals surface area contributed by atoms with Gasteiger partial charge in [0.1, 0.15) is 5.70 Å². The second kappa shape index (κ2) is 8.20. The van der Waals surface area contributed by atoms with Crippen LogP contribution in [0.5, 0.6) is 0 Å². The fourth-order valence-corrected chi connectivity index (χ4v) is 2.49. The third-order valence-corrected chi connectivity index (χ3v) is 3.92. The zero-order valence-corrected chi connectivity index (χ0v) is 14.7. The molecule has 0 aliphatic heterocycles. The van der Waals surface area contributed by atoms with Crippen molar-refractivity contribution in [3.8, 4) is 0 Å². The number of non-ortho nitro benzene ring substituents is 1. The lowest BCUT2D eigenvalue weighted by molar-refractivity contribution is -0.384. The van der Waals surface area contributed by atoms with E-state index in [0.717, 1.165) is 0 Å². The Morgan fingerprint density at radius 3 is 2.52 bits per heavy atom. The minimum Gasteiger partial charge on any atom is -0.354 e. The molecule has 2 amide bonds. The predicted molar refractivity (Wildman–Crippen MR) is 96.7 cm³/mol. The minimum atomic E-state index is -0.531. The molecule has 2 aromatic rings. The number of nitro groups is 1. The van der Waals surface area contributed by atoms with Crippen molar-refractivity contribution >= 4 is 39.5 Å². The molecule has 0 bridgehead atoms. The summed E-state index contributed by atoms with van der Waals surface area (Å²) < 4.78 is 0.583. The number of nitrogens with one attached hydrogen (secondary N) is 2. The number of carbonyl (C=O) groups is 2. The minimum absolute atomic E-state index is 0.0243. The van der Waals surface area contributed by atoms with Crippen molar-refractivity contribution in [2.45, 2.75) is 0 Å². The molecule has 7 nitrogen and oxygen atoms in total. The van der Waals surface area contributed by atoms with E-state index in [1.807, 2.05) is 0 Å². The van der Waals surface area contributed by atoms with E-state index in [0.29, 0.717) is 15.6 Å². The molecular formula is C17H14BrN3O4. The molecule has 8 heteroatoms. The number of hydrogen-bond donors (Lipinski definition) is 2. The van der Waals surface area contributed by atoms with Gasteiger partial charge in [-0.15, -0.1) is 0 Å². The Hall–Kier alpha value is -3.00. The molecule has 0 heterocycles. The SMILES string of the molecule is CNC(=O)/C(=C\c1cccc([N+](=O)[O-])c1)NC(=O)c1ccccc1Br. The molecule has 0 radical (unpaired) electrons. The predicted octanol–water partition coefficient (Wildman–Crippen LogP) is 2.87. The van der Waals surface area contributed by atoms with Crippen molar-refractivity contribution in [3.05, 3.63) is 79.9 Å². The van der Waals surface area contributed by atoms with Crippen LogP contribution in [0.3, 0.4) is 0 Å². The quantitative estimate of drug-likeness (QED) is 0.455. The Morgan fingerprint density at radius 2 is 1.88 bits per heavy atom. The van der Waals surface area contributed by atoms with Gasteiger partial charge in [-0.3, -0.25) is 19.7 Å². The van der Waals surface area contributed by atoms with Gasteiger partial charge in [0, 0.05) is 23.7 Å². The fraction of sp³-hybridized carbons (Fsp3) is 0.0588. The number of nitro benzene ring substituents is 1. The summed E-state index contributed by atoms with van der Waals surface area (Å²) in [6.45, 7) is 0. The van der Waals surface area contributed by atoms with Crippen molar-refractivity contribution < 1.29 is 14.5 Å². The lowest BCUT2D eigenvalue weighted by Gasteiger charge is -2.10. The highest BCUT2D eigenvalue weighted by atomic mass is 79.9. The summed E-state index contributed by atoms with van der Waals surface area (Å²) in [4.78, 5) is 34.8. The number of halogens is 1. The molecule has 0 atom stereocenters. The van der Waals surface area contributed by atoms with E-state index < -0.39 is 16.7 Å². The summed E-state index contributed by atoms with van der Waals surface area (Å²) in [7, 11) is 1.42. The fourth-order valence-electron chi connectivity index (χ4n) is 2.02. The summed E-state index contributed by atoms with van der Waals surface area (Å²) in [5, 5.41) is 15.8. The molecule has 0 aliphatic carbocycles. The number of nitrogens with zero attached hydrogens (tertiary/aromatic N) is 1. The van der Waals surface area contributed by atoms with Crippen molar-refractivity contribution in [2.75, 3.05) is 7.05 Å². The average molecular weight is 404 g/mol. The number of rotatable bonds is 5. The first-order valence-corrected chi connectivity index (χ1v) is 7.96. The van der Waals surface area contributed by atoms with Crippen molar-refractivity contribution in [3.63, 3.8) is 0 Å². The second-order valence-electron chi connectivity index (χ2n) is 4.92. The van der Waals surface area contributed by atoms with Gasteiger partial charge >= 0.3 is 0 Å². The Kier molecular flexibility index (Phi) is 6.02. The highest BCUT2D eigenvalue weighted by molar-refractivity contribution is 9.10. The number of benzene rings is 2. The summed E-state index contributed by atoms with van der Waals surface area (Å²) in [5.74, 6) is -1.00. The van der Waals surface area contributed by atoms with Gasteiger partial charge < -0.3 is 10.6 Å². The highest BCUT2D eigenvalue weighted by Gasteiger charge is 2.15. The van der Waals surface area contributed by atoms with Crippen LogP contribution >= 0.6 is 15.9 Å². The van der Waals surface area contributed by atoms with E-state index in [9.17, 15) is 19.7 Å². The van der Waals surface area contributed by atoms with Crippen molar-refractivity contribution in [2.24, 2.45) is 0 Å². The van der Waals surface area contributed by atoms with Crippen molar-refractivity contribution in [1.29, 1.82) is 0 Å². The Bertz CT molecular complexity index is 864. The summed E-state index contributed by atoms with van der Waals surface area (Å²) in [6, 6.07) is 12.5. The van der Waals surface area contributed by atoms with Gasteiger partial charge in [0.15, 0.2) is 0 Å². The molecule has 2 rings (SSSR count).